The molecule has 1 aliphatic carbocycles. The van der Waals surface area contributed by atoms with Gasteiger partial charge in [0.25, 0.3) is 5.91 Å². The summed E-state index contributed by atoms with van der Waals surface area (Å²) in [6.07, 6.45) is 5.68. The molecule has 1 aromatic carbocycles. The van der Waals surface area contributed by atoms with Gasteiger partial charge in [-0.15, -0.1) is 0 Å². The summed E-state index contributed by atoms with van der Waals surface area (Å²) in [5, 5.41) is 9.66. The number of likely N-dealkylation sites (tertiary alicyclic amines) is 1. The first kappa shape index (κ1) is 19.7. The minimum atomic E-state index is -0.663. The number of carbonyl (C=O) groups is 3. The predicted octanol–water partition coefficient (Wildman–Crippen LogP) is 2.31. The molecular weight excluding hydrogens is 368 g/mol. The molecule has 2 atom stereocenters. The molecule has 4 rings (SSSR count). The molecule has 2 fully saturated rings. The fourth-order valence-electron chi connectivity index (χ4n) is 4.75. The number of amides is 3. The van der Waals surface area contributed by atoms with E-state index in [4.69, 9.17) is 0 Å². The zero-order valence-electron chi connectivity index (χ0n) is 17.2. The molecule has 2 unspecified atom stereocenters. The number of nitrogens with zero attached hydrogens (tertiary/aromatic N) is 1. The second-order valence-corrected chi connectivity index (χ2v) is 8.71. The normalized spacial score (nSPS) is 25.8. The molecule has 0 aromatic heterocycles. The summed E-state index contributed by atoms with van der Waals surface area (Å²) in [7, 11) is 0. The summed E-state index contributed by atoms with van der Waals surface area (Å²) in [6.45, 7) is 4.21. The molecule has 2 aliphatic heterocycles. The van der Waals surface area contributed by atoms with E-state index in [0.29, 0.717) is 24.9 Å². The van der Waals surface area contributed by atoms with Crippen molar-refractivity contribution in [3.05, 3.63) is 29.3 Å². The maximum Gasteiger partial charge on any atom is 0.255 e. The number of carbonyl (C=O) groups excluding carboxylic acids is 3. The van der Waals surface area contributed by atoms with Crippen molar-refractivity contribution in [2.75, 3.05) is 11.9 Å². The zero-order valence-corrected chi connectivity index (χ0v) is 17.2. The quantitative estimate of drug-likeness (QED) is 0.729. The maximum absolute atomic E-state index is 12.8. The first-order valence-corrected chi connectivity index (χ1v) is 10.7. The van der Waals surface area contributed by atoms with Crippen LogP contribution in [0.1, 0.15) is 67.8 Å². The van der Waals surface area contributed by atoms with Gasteiger partial charge in [0.15, 0.2) is 0 Å². The Bertz CT molecular complexity index is 833. The summed E-state index contributed by atoms with van der Waals surface area (Å²) < 4.78 is 0. The molecule has 3 aliphatic rings. The molecular formula is C22H30N4O3. The smallest absolute Gasteiger partial charge is 0.255 e. The van der Waals surface area contributed by atoms with Gasteiger partial charge < -0.3 is 20.9 Å². The standard InChI is InChI=1S/C22H30N4O3/c1-14-7-8-17-18(13-14)24-22(25-21(17)29)10-9-19(27)26(12-11-22)15(2)20(28)23-16-5-3-4-6-16/h7-8,13,15-16,24H,3-6,9-12H2,1-2H3,(H,23,28)(H,25,29). The van der Waals surface area contributed by atoms with Gasteiger partial charge >= 0.3 is 0 Å². The fourth-order valence-corrected chi connectivity index (χ4v) is 4.75. The van der Waals surface area contributed by atoms with Crippen molar-refractivity contribution in [3.63, 3.8) is 0 Å². The van der Waals surface area contributed by atoms with Gasteiger partial charge in [-0.3, -0.25) is 14.4 Å². The first-order valence-electron chi connectivity index (χ1n) is 10.7. The van der Waals surface area contributed by atoms with Crippen LogP contribution in [0, 0.1) is 6.92 Å². The molecule has 29 heavy (non-hydrogen) atoms. The monoisotopic (exact) mass is 398 g/mol. The number of rotatable bonds is 3. The minimum absolute atomic E-state index is 0.0398. The number of hydrogen-bond donors (Lipinski definition) is 3. The van der Waals surface area contributed by atoms with Gasteiger partial charge in [0.1, 0.15) is 11.7 Å². The average molecular weight is 399 g/mol. The summed E-state index contributed by atoms with van der Waals surface area (Å²) in [6, 6.07) is 5.44. The summed E-state index contributed by atoms with van der Waals surface area (Å²) in [5.41, 5.74) is 1.84. The Labute approximate surface area is 171 Å². The Morgan fingerprint density at radius 3 is 2.72 bits per heavy atom. The highest BCUT2D eigenvalue weighted by Gasteiger charge is 2.42. The van der Waals surface area contributed by atoms with Crippen LogP contribution >= 0.6 is 0 Å². The first-order chi connectivity index (χ1) is 13.9. The van der Waals surface area contributed by atoms with Crippen LogP contribution < -0.4 is 16.0 Å². The number of aryl methyl sites for hydroxylation is 1. The third kappa shape index (κ3) is 3.95. The molecule has 7 heteroatoms. The molecule has 1 spiro atoms. The van der Waals surface area contributed by atoms with Crippen LogP contribution in [-0.2, 0) is 9.59 Å². The molecule has 3 amide bonds. The highest BCUT2D eigenvalue weighted by Crippen LogP contribution is 2.32. The molecule has 1 saturated heterocycles. The number of benzene rings is 1. The van der Waals surface area contributed by atoms with Gasteiger partial charge in [-0.25, -0.2) is 0 Å². The van der Waals surface area contributed by atoms with Crippen molar-refractivity contribution >= 4 is 23.4 Å². The van der Waals surface area contributed by atoms with E-state index >= 15 is 0 Å². The van der Waals surface area contributed by atoms with Crippen molar-refractivity contribution in [2.24, 2.45) is 0 Å². The summed E-state index contributed by atoms with van der Waals surface area (Å²) >= 11 is 0. The van der Waals surface area contributed by atoms with Crippen LogP contribution in [0.25, 0.3) is 0 Å². The minimum Gasteiger partial charge on any atom is -0.362 e. The maximum atomic E-state index is 12.8. The van der Waals surface area contributed by atoms with E-state index in [1.54, 1.807) is 11.8 Å². The molecule has 156 valence electrons. The second kappa shape index (κ2) is 7.69. The van der Waals surface area contributed by atoms with Crippen LogP contribution in [0.2, 0.25) is 0 Å². The second-order valence-electron chi connectivity index (χ2n) is 8.71. The Kier molecular flexibility index (Phi) is 5.23. The van der Waals surface area contributed by atoms with Crippen molar-refractivity contribution in [1.82, 2.24) is 15.5 Å². The summed E-state index contributed by atoms with van der Waals surface area (Å²) in [4.78, 5) is 39.8. The van der Waals surface area contributed by atoms with Crippen LogP contribution in [0.5, 0.6) is 0 Å². The lowest BCUT2D eigenvalue weighted by Crippen LogP contribution is -2.58. The topological polar surface area (TPSA) is 90.5 Å². The van der Waals surface area contributed by atoms with Gasteiger partial charge in [0.05, 0.1) is 5.56 Å². The van der Waals surface area contributed by atoms with Crippen molar-refractivity contribution < 1.29 is 14.4 Å². The van der Waals surface area contributed by atoms with Gasteiger partial charge in [-0.2, -0.15) is 0 Å². The lowest BCUT2D eigenvalue weighted by atomic mass is 9.94. The van der Waals surface area contributed by atoms with Crippen LogP contribution in [0.3, 0.4) is 0 Å². The van der Waals surface area contributed by atoms with Crippen LogP contribution in [-0.4, -0.2) is 46.9 Å². The Hall–Kier alpha value is -2.57. The molecule has 2 heterocycles. The van der Waals surface area contributed by atoms with Crippen molar-refractivity contribution in [2.45, 2.75) is 76.5 Å². The van der Waals surface area contributed by atoms with E-state index < -0.39 is 11.7 Å². The van der Waals surface area contributed by atoms with Gasteiger partial charge in [-0.1, -0.05) is 18.9 Å². The molecule has 3 N–H and O–H groups in total. The highest BCUT2D eigenvalue weighted by molar-refractivity contribution is 6.02. The van der Waals surface area contributed by atoms with Gasteiger partial charge in [0.2, 0.25) is 11.8 Å². The van der Waals surface area contributed by atoms with E-state index in [1.807, 2.05) is 25.1 Å². The lowest BCUT2D eigenvalue weighted by molar-refractivity contribution is -0.139. The Balaban J connectivity index is 1.47. The van der Waals surface area contributed by atoms with E-state index in [1.165, 1.54) is 0 Å². The third-order valence-electron chi connectivity index (χ3n) is 6.56. The van der Waals surface area contributed by atoms with Crippen LogP contribution in [0.4, 0.5) is 5.69 Å². The predicted molar refractivity (Wildman–Crippen MR) is 110 cm³/mol. The zero-order chi connectivity index (χ0) is 20.6. The number of hydrogen-bond acceptors (Lipinski definition) is 4. The molecule has 7 nitrogen and oxygen atoms in total. The average Bonchev–Trinajstić information content (AvgIpc) is 3.13. The molecule has 0 radical (unpaired) electrons. The largest absolute Gasteiger partial charge is 0.362 e. The number of nitrogens with one attached hydrogen (secondary N) is 3. The van der Waals surface area contributed by atoms with E-state index in [-0.39, 0.29) is 30.2 Å². The van der Waals surface area contributed by atoms with Gasteiger partial charge in [0, 0.05) is 31.1 Å². The van der Waals surface area contributed by atoms with E-state index in [9.17, 15) is 14.4 Å². The summed E-state index contributed by atoms with van der Waals surface area (Å²) in [5.74, 6) is -0.239. The molecule has 1 saturated carbocycles. The van der Waals surface area contributed by atoms with Crippen molar-refractivity contribution in [1.29, 1.82) is 0 Å². The van der Waals surface area contributed by atoms with E-state index in [2.05, 4.69) is 16.0 Å². The Morgan fingerprint density at radius 1 is 1.21 bits per heavy atom. The lowest BCUT2D eigenvalue weighted by Gasteiger charge is -2.40. The van der Waals surface area contributed by atoms with Crippen LogP contribution in [0.15, 0.2) is 18.2 Å². The number of anilines is 1. The van der Waals surface area contributed by atoms with Crippen molar-refractivity contribution in [3.8, 4) is 0 Å². The highest BCUT2D eigenvalue weighted by atomic mass is 16.2. The van der Waals surface area contributed by atoms with Gasteiger partial charge in [-0.05, 0) is 50.8 Å². The van der Waals surface area contributed by atoms with E-state index in [0.717, 1.165) is 36.9 Å². The number of fused-ring (bicyclic) bond motifs is 1. The molecule has 0 bridgehead atoms. The molecule has 1 aromatic rings. The fraction of sp³-hybridized carbons (Fsp3) is 0.591. The third-order valence-corrected chi connectivity index (χ3v) is 6.56. The Morgan fingerprint density at radius 2 is 1.97 bits per heavy atom. The SMILES string of the molecule is Cc1ccc2c(c1)NC1(CCC(=O)N(C(C)C(=O)NC3CCCC3)CC1)NC2=O.